The standard InChI is InChI=1S/C29H31N3O4S/c1-16(2)15-22(33)24-26(21-7-6-14-30-25(21)28(35)31-17(3)4)32(29(36)27(24)34)20-11-9-19(10-12-20)23-13-8-18(5)37-23/h6-14,16-17,24,26H,15H2,1-5H3,(H,31,35). The Kier molecular flexibility index (Phi) is 7.68. The first-order valence-electron chi connectivity index (χ1n) is 12.4. The van der Waals surface area contributed by atoms with Crippen molar-refractivity contribution in [2.75, 3.05) is 4.90 Å². The minimum Gasteiger partial charge on any atom is -0.349 e. The summed E-state index contributed by atoms with van der Waals surface area (Å²) in [5.41, 5.74) is 1.95. The van der Waals surface area contributed by atoms with E-state index >= 15 is 0 Å². The lowest BCUT2D eigenvalue weighted by molar-refractivity contribution is -0.139. The molecule has 3 heterocycles. The lowest BCUT2D eigenvalue weighted by Crippen LogP contribution is -2.35. The highest BCUT2D eigenvalue weighted by atomic mass is 32.1. The molecule has 0 radical (unpaired) electrons. The molecule has 37 heavy (non-hydrogen) atoms. The van der Waals surface area contributed by atoms with Crippen molar-refractivity contribution in [1.29, 1.82) is 0 Å². The molecule has 3 aromatic rings. The molecule has 7 nitrogen and oxygen atoms in total. The number of benzene rings is 1. The molecule has 1 fully saturated rings. The summed E-state index contributed by atoms with van der Waals surface area (Å²) in [5, 5.41) is 2.83. The van der Waals surface area contributed by atoms with Gasteiger partial charge in [0.2, 0.25) is 5.78 Å². The third-order valence-corrected chi connectivity index (χ3v) is 7.27. The quantitative estimate of drug-likeness (QED) is 0.329. The third-order valence-electron chi connectivity index (χ3n) is 6.23. The number of carbonyl (C=O) groups excluding carboxylic acids is 4. The van der Waals surface area contributed by atoms with E-state index in [9.17, 15) is 19.2 Å². The van der Waals surface area contributed by atoms with Crippen molar-refractivity contribution in [2.45, 2.75) is 53.1 Å². The normalized spacial score (nSPS) is 17.6. The fourth-order valence-corrected chi connectivity index (χ4v) is 5.54. The summed E-state index contributed by atoms with van der Waals surface area (Å²) in [6.07, 6.45) is 1.64. The van der Waals surface area contributed by atoms with E-state index in [0.717, 1.165) is 10.4 Å². The van der Waals surface area contributed by atoms with Gasteiger partial charge in [-0.2, -0.15) is 0 Å². The van der Waals surface area contributed by atoms with E-state index in [1.54, 1.807) is 35.6 Å². The average Bonchev–Trinajstić information content (AvgIpc) is 3.39. The number of Topliss-reactive ketones (excluding diaryl/α,β-unsaturated/α-hetero) is 2. The molecule has 2 unspecified atom stereocenters. The van der Waals surface area contributed by atoms with Crippen LogP contribution in [0.25, 0.3) is 10.4 Å². The fourth-order valence-electron chi connectivity index (χ4n) is 4.67. The molecule has 8 heteroatoms. The fraction of sp³-hybridized carbons (Fsp3) is 0.345. The Balaban J connectivity index is 1.83. The highest BCUT2D eigenvalue weighted by Crippen LogP contribution is 2.42. The number of anilines is 1. The average molecular weight is 518 g/mol. The highest BCUT2D eigenvalue weighted by Gasteiger charge is 2.53. The molecule has 2 atom stereocenters. The first-order chi connectivity index (χ1) is 17.6. The number of hydrogen-bond acceptors (Lipinski definition) is 6. The minimum absolute atomic E-state index is 0.0104. The van der Waals surface area contributed by atoms with Crippen LogP contribution in [0.3, 0.4) is 0 Å². The number of rotatable bonds is 8. The monoisotopic (exact) mass is 517 g/mol. The molecule has 0 aliphatic carbocycles. The van der Waals surface area contributed by atoms with Crippen molar-refractivity contribution in [3.8, 4) is 10.4 Å². The second-order valence-corrected chi connectivity index (χ2v) is 11.3. The number of carbonyl (C=O) groups is 4. The van der Waals surface area contributed by atoms with Crippen LogP contribution < -0.4 is 10.2 Å². The van der Waals surface area contributed by atoms with Crippen molar-refractivity contribution in [2.24, 2.45) is 11.8 Å². The largest absolute Gasteiger partial charge is 0.349 e. The van der Waals surface area contributed by atoms with Gasteiger partial charge in [0, 0.05) is 39.7 Å². The zero-order valence-electron chi connectivity index (χ0n) is 21.6. The van der Waals surface area contributed by atoms with Crippen molar-refractivity contribution in [3.05, 3.63) is 70.9 Å². The van der Waals surface area contributed by atoms with Gasteiger partial charge >= 0.3 is 0 Å². The molecule has 0 spiro atoms. The number of ketones is 2. The van der Waals surface area contributed by atoms with Gasteiger partial charge in [0.05, 0.1) is 6.04 Å². The molecule has 2 aromatic heterocycles. The molecule has 1 aliphatic rings. The molecule has 192 valence electrons. The van der Waals surface area contributed by atoms with Gasteiger partial charge in [-0.05, 0) is 62.6 Å². The molecule has 0 bridgehead atoms. The summed E-state index contributed by atoms with van der Waals surface area (Å²) in [6.45, 7) is 9.49. The minimum atomic E-state index is -1.22. The van der Waals surface area contributed by atoms with Crippen LogP contribution in [0.2, 0.25) is 0 Å². The summed E-state index contributed by atoms with van der Waals surface area (Å²) in [4.78, 5) is 61.1. The van der Waals surface area contributed by atoms with Crippen molar-refractivity contribution < 1.29 is 19.2 Å². The van der Waals surface area contributed by atoms with E-state index in [-0.39, 0.29) is 29.9 Å². The Morgan fingerprint density at radius 1 is 1.03 bits per heavy atom. The summed E-state index contributed by atoms with van der Waals surface area (Å²) in [6, 6.07) is 13.7. The topological polar surface area (TPSA) is 96.4 Å². The predicted molar refractivity (Wildman–Crippen MR) is 145 cm³/mol. The van der Waals surface area contributed by atoms with Crippen LogP contribution in [0.15, 0.2) is 54.7 Å². The summed E-state index contributed by atoms with van der Waals surface area (Å²) < 4.78 is 0. The van der Waals surface area contributed by atoms with Gasteiger partial charge in [-0.25, -0.2) is 0 Å². The Labute approximate surface area is 220 Å². The third kappa shape index (κ3) is 5.39. The van der Waals surface area contributed by atoms with E-state index in [1.165, 1.54) is 16.0 Å². The number of aryl methyl sites for hydroxylation is 1. The van der Waals surface area contributed by atoms with Crippen LogP contribution in [0, 0.1) is 18.8 Å². The Bertz CT molecular complexity index is 1340. The Morgan fingerprint density at radius 3 is 2.32 bits per heavy atom. The van der Waals surface area contributed by atoms with E-state index in [1.807, 2.05) is 58.9 Å². The molecule has 1 aromatic carbocycles. The Hall–Kier alpha value is -3.65. The van der Waals surface area contributed by atoms with E-state index in [4.69, 9.17) is 0 Å². The molecule has 4 rings (SSSR count). The second kappa shape index (κ2) is 10.8. The molecule has 2 amide bonds. The summed E-state index contributed by atoms with van der Waals surface area (Å²) >= 11 is 1.67. The number of pyridine rings is 1. The Morgan fingerprint density at radius 2 is 1.73 bits per heavy atom. The number of nitrogens with zero attached hydrogens (tertiary/aromatic N) is 2. The number of nitrogens with one attached hydrogen (secondary N) is 1. The lowest BCUT2D eigenvalue weighted by atomic mass is 9.85. The molecule has 1 N–H and O–H groups in total. The number of amides is 2. The second-order valence-electron chi connectivity index (χ2n) is 10.1. The van der Waals surface area contributed by atoms with Crippen LogP contribution >= 0.6 is 11.3 Å². The first kappa shape index (κ1) is 26.4. The van der Waals surface area contributed by atoms with Crippen LogP contribution in [0.1, 0.15) is 61.1 Å². The van der Waals surface area contributed by atoms with Gasteiger partial charge < -0.3 is 5.32 Å². The van der Waals surface area contributed by atoms with Gasteiger partial charge in [0.25, 0.3) is 11.8 Å². The van der Waals surface area contributed by atoms with Crippen LogP contribution in [0.5, 0.6) is 0 Å². The van der Waals surface area contributed by atoms with Gasteiger partial charge in [0.1, 0.15) is 17.4 Å². The van der Waals surface area contributed by atoms with Crippen molar-refractivity contribution in [3.63, 3.8) is 0 Å². The maximum absolute atomic E-state index is 13.4. The van der Waals surface area contributed by atoms with E-state index < -0.39 is 29.6 Å². The molecular formula is C29H31N3O4S. The number of aromatic nitrogens is 1. The van der Waals surface area contributed by atoms with E-state index in [0.29, 0.717) is 11.3 Å². The molecule has 1 saturated heterocycles. The summed E-state index contributed by atoms with van der Waals surface area (Å²) in [5.74, 6) is -3.46. The molecule has 1 aliphatic heterocycles. The lowest BCUT2D eigenvalue weighted by Gasteiger charge is -2.28. The number of thiophene rings is 1. The SMILES string of the molecule is Cc1ccc(-c2ccc(N3C(=O)C(=O)C(C(=O)CC(C)C)C3c3cccnc3C(=O)NC(C)C)cc2)s1. The maximum Gasteiger partial charge on any atom is 0.295 e. The van der Waals surface area contributed by atoms with Crippen molar-refractivity contribution in [1.82, 2.24) is 10.3 Å². The van der Waals surface area contributed by atoms with Crippen LogP contribution in [0.4, 0.5) is 5.69 Å². The number of hydrogen-bond donors (Lipinski definition) is 1. The highest BCUT2D eigenvalue weighted by molar-refractivity contribution is 7.15. The van der Waals surface area contributed by atoms with Crippen molar-refractivity contribution >= 4 is 40.4 Å². The van der Waals surface area contributed by atoms with E-state index in [2.05, 4.69) is 10.3 Å². The zero-order chi connectivity index (χ0) is 26.9. The van der Waals surface area contributed by atoms with Gasteiger partial charge in [-0.15, -0.1) is 11.3 Å². The predicted octanol–water partition coefficient (Wildman–Crippen LogP) is 5.15. The van der Waals surface area contributed by atoms with Gasteiger partial charge in [0.15, 0.2) is 0 Å². The van der Waals surface area contributed by atoms with Gasteiger partial charge in [-0.3, -0.25) is 29.1 Å². The summed E-state index contributed by atoms with van der Waals surface area (Å²) in [7, 11) is 0. The maximum atomic E-state index is 13.4. The first-order valence-corrected chi connectivity index (χ1v) is 13.2. The zero-order valence-corrected chi connectivity index (χ0v) is 22.5. The smallest absolute Gasteiger partial charge is 0.295 e. The van der Waals surface area contributed by atoms with Crippen LogP contribution in [-0.4, -0.2) is 34.4 Å². The van der Waals surface area contributed by atoms with Gasteiger partial charge in [-0.1, -0.05) is 32.0 Å². The molecular weight excluding hydrogens is 486 g/mol. The molecule has 0 saturated carbocycles. The van der Waals surface area contributed by atoms with Crippen LogP contribution in [-0.2, 0) is 14.4 Å².